The second kappa shape index (κ2) is 5.72. The average Bonchev–Trinajstić information content (AvgIpc) is 2.31. The van der Waals surface area contributed by atoms with E-state index >= 15 is 0 Å². The number of anilines is 1. The zero-order valence-corrected chi connectivity index (χ0v) is 11.6. The van der Waals surface area contributed by atoms with Crippen molar-refractivity contribution in [2.45, 2.75) is 39.3 Å². The van der Waals surface area contributed by atoms with Crippen LogP contribution in [0.5, 0.6) is 0 Å². The van der Waals surface area contributed by atoms with Crippen molar-refractivity contribution in [2.24, 2.45) is 0 Å². The Morgan fingerprint density at radius 3 is 2.78 bits per heavy atom. The highest BCUT2D eigenvalue weighted by atomic mass is 16.3. The highest BCUT2D eigenvalue weighted by Gasteiger charge is 2.28. The summed E-state index contributed by atoms with van der Waals surface area (Å²) in [5.74, 6) is 0. The number of hydrogen-bond acceptors (Lipinski definition) is 3. The lowest BCUT2D eigenvalue weighted by atomic mass is 10.0. The molecule has 2 atom stereocenters. The molecule has 0 spiro atoms. The average molecular weight is 248 g/mol. The van der Waals surface area contributed by atoms with E-state index in [1.807, 2.05) is 0 Å². The second-order valence-corrected chi connectivity index (χ2v) is 5.37. The Hall–Kier alpha value is -1.06. The molecule has 1 aliphatic heterocycles. The second-order valence-electron chi connectivity index (χ2n) is 5.37. The van der Waals surface area contributed by atoms with Crippen LogP contribution in [-0.2, 0) is 0 Å². The summed E-state index contributed by atoms with van der Waals surface area (Å²) in [6, 6.07) is 7.49. The summed E-state index contributed by atoms with van der Waals surface area (Å²) in [4.78, 5) is 2.47. The lowest BCUT2D eigenvalue weighted by molar-refractivity contribution is 0.259. The molecular formula is C15H24N2O. The molecule has 0 saturated carbocycles. The number of piperazine rings is 1. The van der Waals surface area contributed by atoms with Crippen LogP contribution in [0.25, 0.3) is 0 Å². The minimum absolute atomic E-state index is 0.250. The van der Waals surface area contributed by atoms with Crippen LogP contribution in [0.4, 0.5) is 5.69 Å². The maximum absolute atomic E-state index is 9.23. The van der Waals surface area contributed by atoms with Crippen molar-refractivity contribution in [3.05, 3.63) is 29.3 Å². The molecule has 2 unspecified atom stereocenters. The molecule has 0 aliphatic carbocycles. The van der Waals surface area contributed by atoms with Crippen molar-refractivity contribution in [3.63, 3.8) is 0 Å². The molecule has 0 radical (unpaired) electrons. The molecule has 18 heavy (non-hydrogen) atoms. The Kier molecular flexibility index (Phi) is 4.25. The number of aryl methyl sites for hydroxylation is 2. The zero-order valence-electron chi connectivity index (χ0n) is 11.6. The van der Waals surface area contributed by atoms with Gasteiger partial charge in [0.05, 0.1) is 0 Å². The van der Waals surface area contributed by atoms with Crippen LogP contribution in [0.2, 0.25) is 0 Å². The van der Waals surface area contributed by atoms with Gasteiger partial charge in [-0.25, -0.2) is 0 Å². The van der Waals surface area contributed by atoms with Gasteiger partial charge >= 0.3 is 0 Å². The molecule has 2 rings (SSSR count). The van der Waals surface area contributed by atoms with Crippen LogP contribution in [0, 0.1) is 13.8 Å². The van der Waals surface area contributed by atoms with Gasteiger partial charge < -0.3 is 15.3 Å². The van der Waals surface area contributed by atoms with Gasteiger partial charge in [-0.05, 0) is 38.8 Å². The van der Waals surface area contributed by atoms with Crippen molar-refractivity contribution in [3.8, 4) is 0 Å². The standard InChI is InChI=1S/C15H24N2O/c1-11-4-5-15(12(2)8-11)17-13(3)9-16-10-14(17)6-7-18/h4-5,8,13-14,16,18H,6-7,9-10H2,1-3H3. The van der Waals surface area contributed by atoms with E-state index in [1.165, 1.54) is 16.8 Å². The predicted molar refractivity (Wildman–Crippen MR) is 76.2 cm³/mol. The number of aliphatic hydroxyl groups excluding tert-OH is 1. The molecule has 0 amide bonds. The molecule has 0 bridgehead atoms. The van der Waals surface area contributed by atoms with Gasteiger partial charge in [0, 0.05) is 37.5 Å². The quantitative estimate of drug-likeness (QED) is 0.857. The van der Waals surface area contributed by atoms with Crippen molar-refractivity contribution >= 4 is 5.69 Å². The number of benzene rings is 1. The van der Waals surface area contributed by atoms with Crippen molar-refractivity contribution in [2.75, 3.05) is 24.6 Å². The molecule has 1 fully saturated rings. The fourth-order valence-corrected chi connectivity index (χ4v) is 2.93. The summed E-state index contributed by atoms with van der Waals surface area (Å²) in [5, 5.41) is 12.7. The Morgan fingerprint density at radius 2 is 2.11 bits per heavy atom. The molecule has 1 aliphatic rings. The lowest BCUT2D eigenvalue weighted by Crippen LogP contribution is -2.57. The molecule has 1 heterocycles. The highest BCUT2D eigenvalue weighted by molar-refractivity contribution is 5.56. The highest BCUT2D eigenvalue weighted by Crippen LogP contribution is 2.27. The summed E-state index contributed by atoms with van der Waals surface area (Å²) in [7, 11) is 0. The molecular weight excluding hydrogens is 224 g/mol. The third kappa shape index (κ3) is 2.68. The topological polar surface area (TPSA) is 35.5 Å². The maximum atomic E-state index is 9.23. The third-order valence-corrected chi connectivity index (χ3v) is 3.78. The smallest absolute Gasteiger partial charge is 0.0451 e. The molecule has 2 N–H and O–H groups in total. The number of nitrogens with one attached hydrogen (secondary N) is 1. The Labute approximate surface area is 110 Å². The summed E-state index contributed by atoms with van der Waals surface area (Å²) in [5.41, 5.74) is 3.94. The monoisotopic (exact) mass is 248 g/mol. The number of hydrogen-bond donors (Lipinski definition) is 2. The molecule has 3 heteroatoms. The van der Waals surface area contributed by atoms with Crippen LogP contribution < -0.4 is 10.2 Å². The molecule has 100 valence electrons. The van der Waals surface area contributed by atoms with E-state index in [9.17, 15) is 5.11 Å². The minimum atomic E-state index is 0.250. The van der Waals surface area contributed by atoms with Crippen LogP contribution in [-0.4, -0.2) is 36.9 Å². The first kappa shape index (κ1) is 13.4. The normalized spacial score (nSPS) is 24.3. The van der Waals surface area contributed by atoms with E-state index in [4.69, 9.17) is 0 Å². The van der Waals surface area contributed by atoms with Gasteiger partial charge in [0.1, 0.15) is 0 Å². The van der Waals surface area contributed by atoms with Gasteiger partial charge in [-0.3, -0.25) is 0 Å². The van der Waals surface area contributed by atoms with E-state index in [0.717, 1.165) is 19.5 Å². The number of aliphatic hydroxyl groups is 1. The van der Waals surface area contributed by atoms with Crippen molar-refractivity contribution in [1.29, 1.82) is 0 Å². The molecule has 1 aromatic rings. The SMILES string of the molecule is Cc1ccc(N2C(C)CNCC2CCO)c(C)c1. The van der Waals surface area contributed by atoms with Gasteiger partial charge in [0.15, 0.2) is 0 Å². The summed E-state index contributed by atoms with van der Waals surface area (Å²) < 4.78 is 0. The first-order valence-electron chi connectivity index (χ1n) is 6.80. The minimum Gasteiger partial charge on any atom is -0.396 e. The van der Waals surface area contributed by atoms with Gasteiger partial charge in [-0.1, -0.05) is 17.7 Å². The molecule has 3 nitrogen and oxygen atoms in total. The molecule has 1 aromatic carbocycles. The van der Waals surface area contributed by atoms with E-state index in [0.29, 0.717) is 12.1 Å². The van der Waals surface area contributed by atoms with E-state index in [-0.39, 0.29) is 6.61 Å². The number of rotatable bonds is 3. The lowest BCUT2D eigenvalue weighted by Gasteiger charge is -2.43. The summed E-state index contributed by atoms with van der Waals surface area (Å²) in [6.07, 6.45) is 0.824. The summed E-state index contributed by atoms with van der Waals surface area (Å²) in [6.45, 7) is 8.76. The van der Waals surface area contributed by atoms with Gasteiger partial charge in [0.25, 0.3) is 0 Å². The molecule has 1 saturated heterocycles. The van der Waals surface area contributed by atoms with Crippen LogP contribution in [0.1, 0.15) is 24.5 Å². The van der Waals surface area contributed by atoms with Gasteiger partial charge in [-0.15, -0.1) is 0 Å². The largest absolute Gasteiger partial charge is 0.396 e. The molecule has 0 aromatic heterocycles. The Morgan fingerprint density at radius 1 is 1.33 bits per heavy atom. The van der Waals surface area contributed by atoms with Gasteiger partial charge in [-0.2, -0.15) is 0 Å². The first-order valence-corrected chi connectivity index (χ1v) is 6.80. The first-order chi connectivity index (χ1) is 8.63. The Balaban J connectivity index is 2.31. The van der Waals surface area contributed by atoms with E-state index < -0.39 is 0 Å². The fourth-order valence-electron chi connectivity index (χ4n) is 2.93. The zero-order chi connectivity index (χ0) is 13.1. The van der Waals surface area contributed by atoms with Crippen LogP contribution in [0.15, 0.2) is 18.2 Å². The van der Waals surface area contributed by atoms with Crippen LogP contribution in [0.3, 0.4) is 0 Å². The predicted octanol–water partition coefficient (Wildman–Crippen LogP) is 1.85. The number of nitrogens with zero attached hydrogens (tertiary/aromatic N) is 1. The summed E-state index contributed by atoms with van der Waals surface area (Å²) >= 11 is 0. The van der Waals surface area contributed by atoms with Crippen LogP contribution >= 0.6 is 0 Å². The third-order valence-electron chi connectivity index (χ3n) is 3.78. The van der Waals surface area contributed by atoms with Gasteiger partial charge in [0.2, 0.25) is 0 Å². The Bertz CT molecular complexity index is 403. The van der Waals surface area contributed by atoms with E-state index in [1.54, 1.807) is 0 Å². The van der Waals surface area contributed by atoms with E-state index in [2.05, 4.69) is 49.2 Å². The maximum Gasteiger partial charge on any atom is 0.0451 e. The van der Waals surface area contributed by atoms with Crippen molar-refractivity contribution in [1.82, 2.24) is 5.32 Å². The fraction of sp³-hybridized carbons (Fsp3) is 0.600. The van der Waals surface area contributed by atoms with Crippen molar-refractivity contribution < 1.29 is 5.11 Å².